The molecule has 1 aliphatic heterocycles. The first kappa shape index (κ1) is 17.3. The third-order valence-corrected chi connectivity index (χ3v) is 6.03. The lowest BCUT2D eigenvalue weighted by Crippen LogP contribution is -2.46. The van der Waals surface area contributed by atoms with Crippen molar-refractivity contribution in [2.75, 3.05) is 20.1 Å². The molecule has 1 heterocycles. The van der Waals surface area contributed by atoms with Gasteiger partial charge >= 0.3 is 5.97 Å². The van der Waals surface area contributed by atoms with E-state index < -0.39 is 11.4 Å². The molecule has 0 aromatic heterocycles. The van der Waals surface area contributed by atoms with E-state index in [0.29, 0.717) is 17.9 Å². The highest BCUT2D eigenvalue weighted by atomic mass is 35.5. The van der Waals surface area contributed by atoms with Crippen LogP contribution in [-0.4, -0.2) is 36.1 Å². The second-order valence-electron chi connectivity index (χ2n) is 6.24. The first-order valence-electron chi connectivity index (χ1n) is 7.96. The molecule has 0 amide bonds. The summed E-state index contributed by atoms with van der Waals surface area (Å²) in [6.07, 6.45) is 1.27. The van der Waals surface area contributed by atoms with Crippen LogP contribution in [0.3, 0.4) is 0 Å². The number of hydrogen-bond donors (Lipinski definition) is 1. The summed E-state index contributed by atoms with van der Waals surface area (Å²) in [6.45, 7) is 1.60. The van der Waals surface area contributed by atoms with Gasteiger partial charge in [0.15, 0.2) is 0 Å². The first-order chi connectivity index (χ1) is 11.5. The minimum Gasteiger partial charge on any atom is -0.481 e. The van der Waals surface area contributed by atoms with Crippen LogP contribution in [0.4, 0.5) is 0 Å². The van der Waals surface area contributed by atoms with Crippen LogP contribution in [0.5, 0.6) is 0 Å². The van der Waals surface area contributed by atoms with E-state index in [1.165, 1.54) is 0 Å². The average molecular weight is 362 g/mol. The fourth-order valence-corrected chi connectivity index (χ4v) is 4.35. The second kappa shape index (κ2) is 7.18. The predicted molar refractivity (Wildman–Crippen MR) is 98.1 cm³/mol. The van der Waals surface area contributed by atoms with Crippen molar-refractivity contribution in [3.8, 4) is 0 Å². The summed E-state index contributed by atoms with van der Waals surface area (Å²) in [7, 11) is 2.04. The highest BCUT2D eigenvalue weighted by molar-refractivity contribution is 7.99. The van der Waals surface area contributed by atoms with Crippen molar-refractivity contribution in [2.24, 2.45) is 0 Å². The number of hydrogen-bond acceptors (Lipinski definition) is 3. The molecule has 5 heteroatoms. The SMILES string of the molecule is CN1CCC(C(=O)O)(c2ccccc2Sc2ccc(Cl)cc2)CC1. The molecule has 0 atom stereocenters. The smallest absolute Gasteiger partial charge is 0.314 e. The van der Waals surface area contributed by atoms with Gasteiger partial charge in [0.25, 0.3) is 0 Å². The Labute approximate surface area is 151 Å². The summed E-state index contributed by atoms with van der Waals surface area (Å²) in [5, 5.41) is 10.7. The minimum atomic E-state index is -0.803. The van der Waals surface area contributed by atoms with Crippen molar-refractivity contribution in [3.05, 3.63) is 59.1 Å². The quantitative estimate of drug-likeness (QED) is 0.868. The summed E-state index contributed by atoms with van der Waals surface area (Å²) in [5.74, 6) is -0.722. The third kappa shape index (κ3) is 3.46. The average Bonchev–Trinajstić information content (AvgIpc) is 2.58. The maximum Gasteiger partial charge on any atom is 0.314 e. The lowest BCUT2D eigenvalue weighted by Gasteiger charge is -2.38. The lowest BCUT2D eigenvalue weighted by atomic mass is 9.73. The van der Waals surface area contributed by atoms with Crippen molar-refractivity contribution in [1.82, 2.24) is 4.90 Å². The van der Waals surface area contributed by atoms with E-state index in [-0.39, 0.29) is 0 Å². The fraction of sp³-hybridized carbons (Fsp3) is 0.316. The molecule has 0 aliphatic carbocycles. The standard InChI is InChI=1S/C19H20ClNO2S/c1-21-12-10-19(11-13-21,18(22)23)16-4-2-3-5-17(16)24-15-8-6-14(20)7-9-15/h2-9H,10-13H2,1H3,(H,22,23). The van der Waals surface area contributed by atoms with Crippen molar-refractivity contribution in [3.63, 3.8) is 0 Å². The normalized spacial score (nSPS) is 17.6. The number of halogens is 1. The third-order valence-electron chi connectivity index (χ3n) is 4.69. The summed E-state index contributed by atoms with van der Waals surface area (Å²) in [4.78, 5) is 16.4. The Kier molecular flexibility index (Phi) is 5.18. The maximum atomic E-state index is 12.2. The van der Waals surface area contributed by atoms with Crippen LogP contribution in [-0.2, 0) is 10.2 Å². The van der Waals surface area contributed by atoms with Gasteiger partial charge in [0, 0.05) is 14.8 Å². The largest absolute Gasteiger partial charge is 0.481 e. The van der Waals surface area contributed by atoms with E-state index in [1.54, 1.807) is 11.8 Å². The van der Waals surface area contributed by atoms with Gasteiger partial charge < -0.3 is 10.0 Å². The van der Waals surface area contributed by atoms with Crippen LogP contribution < -0.4 is 0 Å². The highest BCUT2D eigenvalue weighted by Gasteiger charge is 2.43. The van der Waals surface area contributed by atoms with Crippen molar-refractivity contribution in [2.45, 2.75) is 28.0 Å². The molecule has 126 valence electrons. The summed E-state index contributed by atoms with van der Waals surface area (Å²) in [5.41, 5.74) is 0.119. The Hall–Kier alpha value is -1.49. The monoisotopic (exact) mass is 361 g/mol. The van der Waals surface area contributed by atoms with Gasteiger partial charge in [0.1, 0.15) is 0 Å². The highest BCUT2D eigenvalue weighted by Crippen LogP contribution is 2.42. The van der Waals surface area contributed by atoms with E-state index >= 15 is 0 Å². The summed E-state index contributed by atoms with van der Waals surface area (Å²) in [6, 6.07) is 15.5. The van der Waals surface area contributed by atoms with E-state index in [4.69, 9.17) is 11.6 Å². The molecule has 0 radical (unpaired) electrons. The molecule has 0 saturated carbocycles. The predicted octanol–water partition coefficient (Wildman–Crippen LogP) is 4.54. The Morgan fingerprint density at radius 1 is 1.12 bits per heavy atom. The zero-order chi connectivity index (χ0) is 17.2. The van der Waals surface area contributed by atoms with E-state index in [9.17, 15) is 9.90 Å². The Bertz CT molecular complexity index is 724. The second-order valence-corrected chi connectivity index (χ2v) is 7.79. The number of likely N-dealkylation sites (tertiary alicyclic amines) is 1. The van der Waals surface area contributed by atoms with Crippen LogP contribution in [0.1, 0.15) is 18.4 Å². The topological polar surface area (TPSA) is 40.5 Å². The Balaban J connectivity index is 1.98. The summed E-state index contributed by atoms with van der Waals surface area (Å²) < 4.78 is 0. The molecule has 1 N–H and O–H groups in total. The molecule has 0 unspecified atom stereocenters. The molecule has 1 aliphatic rings. The molecular weight excluding hydrogens is 342 g/mol. The molecule has 0 spiro atoms. The van der Waals surface area contributed by atoms with E-state index in [0.717, 1.165) is 28.4 Å². The summed E-state index contributed by atoms with van der Waals surface area (Å²) >= 11 is 7.55. The van der Waals surface area contributed by atoms with Crippen LogP contribution in [0, 0.1) is 0 Å². The van der Waals surface area contributed by atoms with Gasteiger partial charge in [-0.05, 0) is 68.9 Å². The maximum absolute atomic E-state index is 12.2. The number of benzene rings is 2. The molecule has 1 saturated heterocycles. The fourth-order valence-electron chi connectivity index (χ4n) is 3.18. The van der Waals surface area contributed by atoms with Crippen LogP contribution >= 0.6 is 23.4 Å². The van der Waals surface area contributed by atoms with Gasteiger partial charge in [0.05, 0.1) is 5.41 Å². The number of carboxylic acids is 1. The van der Waals surface area contributed by atoms with Gasteiger partial charge in [-0.1, -0.05) is 41.6 Å². The van der Waals surface area contributed by atoms with Gasteiger partial charge in [0.2, 0.25) is 0 Å². The number of carbonyl (C=O) groups is 1. The minimum absolute atomic E-state index is 0.636. The van der Waals surface area contributed by atoms with Crippen LogP contribution in [0.2, 0.25) is 5.02 Å². The molecule has 24 heavy (non-hydrogen) atoms. The van der Waals surface area contributed by atoms with Crippen molar-refractivity contribution in [1.29, 1.82) is 0 Å². The zero-order valence-electron chi connectivity index (χ0n) is 13.5. The van der Waals surface area contributed by atoms with Gasteiger partial charge in [-0.3, -0.25) is 4.79 Å². The number of carboxylic acid groups (broad SMARTS) is 1. The Morgan fingerprint density at radius 2 is 1.75 bits per heavy atom. The van der Waals surface area contributed by atoms with Gasteiger partial charge in [-0.25, -0.2) is 0 Å². The molecule has 1 fully saturated rings. The van der Waals surface area contributed by atoms with Crippen LogP contribution in [0.25, 0.3) is 0 Å². The molecule has 2 aromatic carbocycles. The Morgan fingerprint density at radius 3 is 2.38 bits per heavy atom. The van der Waals surface area contributed by atoms with Crippen LogP contribution in [0.15, 0.2) is 58.3 Å². The van der Waals surface area contributed by atoms with Crippen molar-refractivity contribution >= 4 is 29.3 Å². The number of aliphatic carboxylic acids is 1. The van der Waals surface area contributed by atoms with Crippen molar-refractivity contribution < 1.29 is 9.90 Å². The molecule has 3 rings (SSSR count). The van der Waals surface area contributed by atoms with Gasteiger partial charge in [-0.15, -0.1) is 0 Å². The molecule has 3 nitrogen and oxygen atoms in total. The molecule has 2 aromatic rings. The number of rotatable bonds is 4. The van der Waals surface area contributed by atoms with E-state index in [1.807, 2.05) is 55.6 Å². The van der Waals surface area contributed by atoms with E-state index in [2.05, 4.69) is 4.90 Å². The number of piperidine rings is 1. The molecular formula is C19H20ClNO2S. The number of nitrogens with zero attached hydrogens (tertiary/aromatic N) is 1. The first-order valence-corrected chi connectivity index (χ1v) is 9.15. The van der Waals surface area contributed by atoms with Gasteiger partial charge in [-0.2, -0.15) is 0 Å². The molecule has 0 bridgehead atoms. The lowest BCUT2D eigenvalue weighted by molar-refractivity contribution is -0.145. The zero-order valence-corrected chi connectivity index (χ0v) is 15.1.